The van der Waals surface area contributed by atoms with Gasteiger partial charge in [-0.05, 0) is 75.9 Å². The van der Waals surface area contributed by atoms with Gasteiger partial charge in [-0.25, -0.2) is 4.79 Å². The van der Waals surface area contributed by atoms with E-state index in [-0.39, 0.29) is 17.5 Å². The Morgan fingerprint density at radius 1 is 1.14 bits per heavy atom. The molecule has 0 saturated carbocycles. The van der Waals surface area contributed by atoms with Crippen LogP contribution in [0.4, 0.5) is 21.9 Å². The van der Waals surface area contributed by atoms with Gasteiger partial charge in [0.25, 0.3) is 5.91 Å². The number of amides is 3. The number of fused-ring (bicyclic) bond motifs is 1. The average molecular weight is 380 g/mol. The summed E-state index contributed by atoms with van der Waals surface area (Å²) in [6.45, 7) is 8.30. The number of carbonyl (C=O) groups is 2. The molecule has 28 heavy (non-hydrogen) atoms. The molecule has 2 aromatic rings. The van der Waals surface area contributed by atoms with Crippen LogP contribution in [0, 0.1) is 6.92 Å². The van der Waals surface area contributed by atoms with E-state index in [9.17, 15) is 9.59 Å². The first-order chi connectivity index (χ1) is 13.2. The van der Waals surface area contributed by atoms with Crippen LogP contribution in [0.15, 0.2) is 36.4 Å². The molecule has 3 rings (SSSR count). The van der Waals surface area contributed by atoms with E-state index in [2.05, 4.69) is 10.6 Å². The minimum absolute atomic E-state index is 0.0918. The molecule has 6 heteroatoms. The molecule has 1 aliphatic rings. The van der Waals surface area contributed by atoms with Crippen LogP contribution in [-0.2, 0) is 6.42 Å². The Hall–Kier alpha value is -3.02. The fraction of sp³-hybridized carbons (Fsp3) is 0.364. The Kier molecular flexibility index (Phi) is 5.31. The summed E-state index contributed by atoms with van der Waals surface area (Å²) in [5.74, 6) is -0.0918. The zero-order valence-corrected chi connectivity index (χ0v) is 16.9. The van der Waals surface area contributed by atoms with Crippen molar-refractivity contribution < 1.29 is 9.59 Å². The monoisotopic (exact) mass is 380 g/mol. The lowest BCUT2D eigenvalue weighted by molar-refractivity contribution is 0.0985. The lowest BCUT2D eigenvalue weighted by Crippen LogP contribution is -2.43. The molecular formula is C22H28N4O2. The third-order valence-electron chi connectivity index (χ3n) is 4.75. The molecule has 0 spiro atoms. The van der Waals surface area contributed by atoms with Gasteiger partial charge in [-0.1, -0.05) is 12.1 Å². The Labute approximate surface area is 166 Å². The van der Waals surface area contributed by atoms with E-state index in [1.807, 2.05) is 52.0 Å². The normalized spacial score (nSPS) is 13.6. The van der Waals surface area contributed by atoms with Gasteiger partial charge in [-0.2, -0.15) is 0 Å². The van der Waals surface area contributed by atoms with E-state index in [1.54, 1.807) is 17.0 Å². The van der Waals surface area contributed by atoms with Crippen molar-refractivity contribution in [2.75, 3.05) is 22.5 Å². The summed E-state index contributed by atoms with van der Waals surface area (Å²) in [5, 5.41) is 5.72. The summed E-state index contributed by atoms with van der Waals surface area (Å²) in [6, 6.07) is 10.8. The Morgan fingerprint density at radius 3 is 2.61 bits per heavy atom. The smallest absolute Gasteiger partial charge is 0.319 e. The number of hydrogen-bond acceptors (Lipinski definition) is 3. The largest absolute Gasteiger partial charge is 0.398 e. The number of anilines is 3. The number of nitrogens with zero attached hydrogens (tertiary/aromatic N) is 1. The summed E-state index contributed by atoms with van der Waals surface area (Å²) < 4.78 is 0. The second kappa shape index (κ2) is 7.54. The number of urea groups is 1. The molecule has 148 valence electrons. The van der Waals surface area contributed by atoms with Crippen LogP contribution in [0.3, 0.4) is 0 Å². The predicted molar refractivity (Wildman–Crippen MR) is 114 cm³/mol. The highest BCUT2D eigenvalue weighted by Crippen LogP contribution is 2.32. The van der Waals surface area contributed by atoms with Crippen LogP contribution in [-0.4, -0.2) is 24.0 Å². The molecule has 4 N–H and O–H groups in total. The zero-order valence-electron chi connectivity index (χ0n) is 16.9. The van der Waals surface area contributed by atoms with Crippen LogP contribution in [0.1, 0.15) is 48.7 Å². The molecule has 0 aromatic heterocycles. The first-order valence-electron chi connectivity index (χ1n) is 9.55. The quantitative estimate of drug-likeness (QED) is 0.686. The lowest BCUT2D eigenvalue weighted by atomic mass is 9.98. The highest BCUT2D eigenvalue weighted by atomic mass is 16.2. The van der Waals surface area contributed by atoms with Crippen LogP contribution in [0.25, 0.3) is 0 Å². The average Bonchev–Trinajstić information content (AvgIpc) is 2.61. The summed E-state index contributed by atoms with van der Waals surface area (Å²) in [7, 11) is 0. The Balaban J connectivity index is 1.86. The number of nitrogens with two attached hydrogens (primary N) is 1. The molecule has 6 nitrogen and oxygen atoms in total. The number of aryl methyl sites for hydroxylation is 1. The molecule has 0 saturated heterocycles. The van der Waals surface area contributed by atoms with Crippen LogP contribution < -0.4 is 21.3 Å². The van der Waals surface area contributed by atoms with Crippen molar-refractivity contribution in [2.24, 2.45) is 0 Å². The predicted octanol–water partition coefficient (Wildman–Crippen LogP) is 4.09. The van der Waals surface area contributed by atoms with Crippen molar-refractivity contribution in [3.05, 3.63) is 53.1 Å². The number of carbonyl (C=O) groups excluding carboxylic acids is 2. The van der Waals surface area contributed by atoms with E-state index in [0.717, 1.165) is 35.3 Å². The fourth-order valence-corrected chi connectivity index (χ4v) is 3.40. The van der Waals surface area contributed by atoms with Crippen molar-refractivity contribution in [3.63, 3.8) is 0 Å². The van der Waals surface area contributed by atoms with Crippen LogP contribution in [0.5, 0.6) is 0 Å². The fourth-order valence-electron chi connectivity index (χ4n) is 3.40. The highest BCUT2D eigenvalue weighted by Gasteiger charge is 2.25. The number of nitrogens with one attached hydrogen (secondary N) is 2. The van der Waals surface area contributed by atoms with Crippen LogP contribution >= 0.6 is 0 Å². The third kappa shape index (κ3) is 4.27. The van der Waals surface area contributed by atoms with Gasteiger partial charge in [0.1, 0.15) is 0 Å². The maximum Gasteiger partial charge on any atom is 0.319 e. The topological polar surface area (TPSA) is 87.5 Å². The molecule has 1 heterocycles. The molecule has 2 aromatic carbocycles. The van der Waals surface area contributed by atoms with Gasteiger partial charge in [0.15, 0.2) is 0 Å². The van der Waals surface area contributed by atoms with E-state index in [0.29, 0.717) is 17.8 Å². The van der Waals surface area contributed by atoms with Gasteiger partial charge in [0.2, 0.25) is 0 Å². The Bertz CT molecular complexity index is 915. The number of nitrogen functional groups attached to an aromatic ring is 1. The van der Waals surface area contributed by atoms with Crippen molar-refractivity contribution in [3.8, 4) is 0 Å². The molecule has 0 bridgehead atoms. The summed E-state index contributed by atoms with van der Waals surface area (Å²) >= 11 is 0. The second-order valence-corrected chi connectivity index (χ2v) is 8.26. The number of hydrogen-bond donors (Lipinski definition) is 3. The maximum atomic E-state index is 13.2. The van der Waals surface area contributed by atoms with Crippen molar-refractivity contribution in [2.45, 2.75) is 46.1 Å². The van der Waals surface area contributed by atoms with E-state index < -0.39 is 0 Å². The summed E-state index contributed by atoms with van der Waals surface area (Å²) in [4.78, 5) is 27.2. The van der Waals surface area contributed by atoms with E-state index in [4.69, 9.17) is 5.73 Å². The molecule has 0 fully saturated rings. The van der Waals surface area contributed by atoms with E-state index >= 15 is 0 Å². The molecule has 0 atom stereocenters. The van der Waals surface area contributed by atoms with Gasteiger partial charge in [0, 0.05) is 34.7 Å². The first-order valence-corrected chi connectivity index (χ1v) is 9.55. The van der Waals surface area contributed by atoms with Gasteiger partial charge in [-0.15, -0.1) is 0 Å². The lowest BCUT2D eigenvalue weighted by Gasteiger charge is -2.30. The third-order valence-corrected chi connectivity index (χ3v) is 4.75. The van der Waals surface area contributed by atoms with Crippen LogP contribution in [0.2, 0.25) is 0 Å². The minimum Gasteiger partial charge on any atom is -0.398 e. The van der Waals surface area contributed by atoms with Gasteiger partial charge in [0.05, 0.1) is 0 Å². The highest BCUT2D eigenvalue weighted by molar-refractivity contribution is 6.08. The first kappa shape index (κ1) is 19.7. The van der Waals surface area contributed by atoms with Gasteiger partial charge in [-0.3, -0.25) is 4.79 Å². The molecule has 3 amide bonds. The molecule has 0 unspecified atom stereocenters. The minimum atomic E-state index is -0.344. The van der Waals surface area contributed by atoms with Gasteiger partial charge < -0.3 is 21.3 Å². The summed E-state index contributed by atoms with van der Waals surface area (Å²) in [6.07, 6.45) is 1.75. The second-order valence-electron chi connectivity index (χ2n) is 8.26. The van der Waals surface area contributed by atoms with E-state index in [1.165, 1.54) is 0 Å². The standard InChI is InChI=1S/C22H28N4O2/c1-14-10-11-15(13-18(14)24-21(28)25-22(2,3)4)20(27)26-12-6-7-16-17(23)8-5-9-19(16)26/h5,8-11,13H,6-7,12,23H2,1-4H3,(H2,24,25,28). The van der Waals surface area contributed by atoms with Gasteiger partial charge >= 0.3 is 6.03 Å². The molecule has 0 aliphatic carbocycles. The molecule has 1 aliphatic heterocycles. The van der Waals surface area contributed by atoms with Crippen molar-refractivity contribution >= 4 is 29.0 Å². The maximum absolute atomic E-state index is 13.2. The SMILES string of the molecule is Cc1ccc(C(=O)N2CCCc3c(N)cccc32)cc1NC(=O)NC(C)(C)C. The van der Waals surface area contributed by atoms with Crippen molar-refractivity contribution in [1.29, 1.82) is 0 Å². The number of benzene rings is 2. The zero-order chi connectivity index (χ0) is 20.5. The number of rotatable bonds is 2. The molecular weight excluding hydrogens is 352 g/mol. The molecule has 0 radical (unpaired) electrons. The Morgan fingerprint density at radius 2 is 1.89 bits per heavy atom. The summed E-state index contributed by atoms with van der Waals surface area (Å²) in [5.41, 5.74) is 10.4. The van der Waals surface area contributed by atoms with Crippen molar-refractivity contribution in [1.82, 2.24) is 5.32 Å².